The highest BCUT2D eigenvalue weighted by molar-refractivity contribution is 5.77. The van der Waals surface area contributed by atoms with Crippen LogP contribution in [0.1, 0.15) is 129 Å². The van der Waals surface area contributed by atoms with E-state index in [0.717, 1.165) is 38.8 Å². The lowest BCUT2D eigenvalue weighted by molar-refractivity contribution is -0.123. The first kappa shape index (κ1) is 26.9. The number of hydrogen-bond acceptors (Lipinski definition) is 2. The molecule has 0 aromatic rings. The smallest absolute Gasteiger partial charge is 0.219 e. The number of unbranched alkanes of at least 4 members (excludes halogenated alkanes) is 13. The molecule has 0 spiro atoms. The van der Waals surface area contributed by atoms with E-state index >= 15 is 0 Å². The van der Waals surface area contributed by atoms with Crippen molar-refractivity contribution in [3.05, 3.63) is 0 Å². The first-order chi connectivity index (χ1) is 13.7. The average molecular weight is 397 g/mol. The molecular weight excluding hydrogens is 348 g/mol. The molecule has 0 aliphatic heterocycles. The predicted octanol–water partition coefficient (Wildman–Crippen LogP) is 6.28. The van der Waals surface area contributed by atoms with Gasteiger partial charge in [-0.15, -0.1) is 0 Å². The van der Waals surface area contributed by atoms with Gasteiger partial charge in [-0.2, -0.15) is 0 Å². The van der Waals surface area contributed by atoms with E-state index < -0.39 is 0 Å². The summed E-state index contributed by atoms with van der Waals surface area (Å²) in [4.78, 5) is 23.6. The average Bonchev–Trinajstić information content (AvgIpc) is 2.69. The van der Waals surface area contributed by atoms with E-state index in [4.69, 9.17) is 0 Å². The third kappa shape index (κ3) is 21.2. The van der Waals surface area contributed by atoms with Crippen LogP contribution in [-0.4, -0.2) is 24.9 Å². The van der Waals surface area contributed by atoms with Gasteiger partial charge in [-0.1, -0.05) is 90.9 Å². The van der Waals surface area contributed by atoms with Crippen LogP contribution >= 0.6 is 0 Å². The van der Waals surface area contributed by atoms with Crippen LogP contribution in [-0.2, 0) is 9.59 Å². The van der Waals surface area contributed by atoms with Crippen LogP contribution < -0.4 is 10.6 Å². The van der Waals surface area contributed by atoms with E-state index in [9.17, 15) is 9.59 Å². The van der Waals surface area contributed by atoms with Gasteiger partial charge < -0.3 is 10.6 Å². The maximum atomic E-state index is 11.8. The molecule has 2 amide bonds. The molecule has 0 aromatic heterocycles. The van der Waals surface area contributed by atoms with Crippen LogP contribution in [0.3, 0.4) is 0 Å². The van der Waals surface area contributed by atoms with Crippen molar-refractivity contribution in [3.8, 4) is 0 Å². The summed E-state index contributed by atoms with van der Waals surface area (Å²) in [5, 5.41) is 6.00. The minimum atomic E-state index is 0.134. The van der Waals surface area contributed by atoms with Crippen molar-refractivity contribution in [3.63, 3.8) is 0 Å². The van der Waals surface area contributed by atoms with Gasteiger partial charge in [-0.3, -0.25) is 9.59 Å². The van der Waals surface area contributed by atoms with E-state index in [0.29, 0.717) is 12.8 Å². The van der Waals surface area contributed by atoms with Crippen LogP contribution in [0.2, 0.25) is 0 Å². The Morgan fingerprint density at radius 2 is 0.786 bits per heavy atom. The standard InChI is InChI=1S/C24H48N2O2/c1-3-5-7-9-11-13-17-21-25-23(27)19-15-16-20-24(28)26-22-18-14-12-10-8-6-4-2/h3-22H2,1-2H3,(H,25,27)(H,26,28). The number of carbonyl (C=O) groups excluding carboxylic acids is 2. The van der Waals surface area contributed by atoms with E-state index in [-0.39, 0.29) is 11.8 Å². The minimum absolute atomic E-state index is 0.134. The minimum Gasteiger partial charge on any atom is -0.356 e. The van der Waals surface area contributed by atoms with Crippen molar-refractivity contribution in [2.24, 2.45) is 0 Å². The van der Waals surface area contributed by atoms with Gasteiger partial charge in [0, 0.05) is 25.9 Å². The molecule has 0 aliphatic carbocycles. The first-order valence-electron chi connectivity index (χ1n) is 12.2. The van der Waals surface area contributed by atoms with Crippen LogP contribution in [0.25, 0.3) is 0 Å². The number of hydrogen-bond donors (Lipinski definition) is 2. The van der Waals surface area contributed by atoms with Crippen LogP contribution in [0.5, 0.6) is 0 Å². The Hall–Kier alpha value is -1.06. The molecular formula is C24H48N2O2. The fourth-order valence-electron chi connectivity index (χ4n) is 3.37. The lowest BCUT2D eigenvalue weighted by Gasteiger charge is -2.06. The van der Waals surface area contributed by atoms with Crippen molar-refractivity contribution < 1.29 is 9.59 Å². The molecule has 0 aromatic carbocycles. The molecule has 0 rings (SSSR count). The molecule has 0 saturated carbocycles. The highest BCUT2D eigenvalue weighted by Gasteiger charge is 2.04. The normalized spacial score (nSPS) is 10.8. The van der Waals surface area contributed by atoms with Crippen LogP contribution in [0.15, 0.2) is 0 Å². The second-order valence-corrected chi connectivity index (χ2v) is 8.15. The largest absolute Gasteiger partial charge is 0.356 e. The molecule has 2 N–H and O–H groups in total. The summed E-state index contributed by atoms with van der Waals surface area (Å²) in [6, 6.07) is 0. The van der Waals surface area contributed by atoms with E-state index in [1.807, 2.05) is 0 Å². The summed E-state index contributed by atoms with van der Waals surface area (Å²) >= 11 is 0. The summed E-state index contributed by atoms with van der Waals surface area (Å²) in [6.45, 7) is 6.07. The third-order valence-corrected chi connectivity index (χ3v) is 5.26. The lowest BCUT2D eigenvalue weighted by Crippen LogP contribution is -2.25. The first-order valence-corrected chi connectivity index (χ1v) is 12.2. The van der Waals surface area contributed by atoms with Crippen molar-refractivity contribution in [2.45, 2.75) is 129 Å². The zero-order valence-corrected chi connectivity index (χ0v) is 19.0. The molecule has 4 heteroatoms. The Labute approximate surface area is 175 Å². The number of nitrogens with one attached hydrogen (secondary N) is 2. The van der Waals surface area contributed by atoms with Crippen molar-refractivity contribution in [1.82, 2.24) is 10.6 Å². The molecule has 28 heavy (non-hydrogen) atoms. The fourth-order valence-corrected chi connectivity index (χ4v) is 3.37. The highest BCUT2D eigenvalue weighted by atomic mass is 16.2. The zero-order chi connectivity index (χ0) is 20.7. The van der Waals surface area contributed by atoms with Crippen LogP contribution in [0.4, 0.5) is 0 Å². The fraction of sp³-hybridized carbons (Fsp3) is 0.917. The molecule has 4 nitrogen and oxygen atoms in total. The van der Waals surface area contributed by atoms with Gasteiger partial charge in [0.25, 0.3) is 0 Å². The summed E-state index contributed by atoms with van der Waals surface area (Å²) in [5.74, 6) is 0.268. The molecule has 0 aliphatic rings. The van der Waals surface area contributed by atoms with Crippen molar-refractivity contribution in [1.29, 1.82) is 0 Å². The van der Waals surface area contributed by atoms with Gasteiger partial charge in [0.15, 0.2) is 0 Å². The Kier molecular flexibility index (Phi) is 21.4. The van der Waals surface area contributed by atoms with Gasteiger partial charge in [0.05, 0.1) is 0 Å². The Morgan fingerprint density at radius 1 is 0.464 bits per heavy atom. The Morgan fingerprint density at radius 3 is 1.14 bits per heavy atom. The Bertz CT molecular complexity index is 325. The second-order valence-electron chi connectivity index (χ2n) is 8.15. The maximum Gasteiger partial charge on any atom is 0.219 e. The lowest BCUT2D eigenvalue weighted by atomic mass is 10.1. The van der Waals surface area contributed by atoms with Gasteiger partial charge in [0.1, 0.15) is 0 Å². The summed E-state index contributed by atoms with van der Waals surface area (Å²) in [6.07, 6.45) is 20.4. The summed E-state index contributed by atoms with van der Waals surface area (Å²) in [5.41, 5.74) is 0. The molecule has 0 atom stereocenters. The predicted molar refractivity (Wildman–Crippen MR) is 120 cm³/mol. The zero-order valence-electron chi connectivity index (χ0n) is 19.0. The molecule has 0 unspecified atom stereocenters. The Balaban J connectivity index is 3.30. The second kappa shape index (κ2) is 22.2. The molecule has 0 heterocycles. The van der Waals surface area contributed by atoms with Gasteiger partial charge in [0.2, 0.25) is 11.8 Å². The molecule has 0 saturated heterocycles. The monoisotopic (exact) mass is 396 g/mol. The third-order valence-electron chi connectivity index (χ3n) is 5.26. The van der Waals surface area contributed by atoms with Crippen LogP contribution in [0, 0.1) is 0 Å². The molecule has 166 valence electrons. The maximum absolute atomic E-state index is 11.8. The number of rotatable bonds is 21. The molecule has 0 fully saturated rings. The van der Waals surface area contributed by atoms with E-state index in [2.05, 4.69) is 24.5 Å². The van der Waals surface area contributed by atoms with Crippen molar-refractivity contribution in [2.75, 3.05) is 13.1 Å². The van der Waals surface area contributed by atoms with Gasteiger partial charge >= 0.3 is 0 Å². The highest BCUT2D eigenvalue weighted by Crippen LogP contribution is 2.07. The SMILES string of the molecule is CCCCCCCCCNC(=O)CCCCC(=O)NCCCCCCCCC. The molecule has 0 bridgehead atoms. The summed E-state index contributed by atoms with van der Waals surface area (Å²) in [7, 11) is 0. The van der Waals surface area contributed by atoms with E-state index in [1.165, 1.54) is 77.0 Å². The van der Waals surface area contributed by atoms with Gasteiger partial charge in [-0.25, -0.2) is 0 Å². The van der Waals surface area contributed by atoms with Gasteiger partial charge in [-0.05, 0) is 25.7 Å². The number of amides is 2. The van der Waals surface area contributed by atoms with E-state index in [1.54, 1.807) is 0 Å². The van der Waals surface area contributed by atoms with Crippen molar-refractivity contribution >= 4 is 11.8 Å². The molecule has 0 radical (unpaired) electrons. The number of carbonyl (C=O) groups is 2. The topological polar surface area (TPSA) is 58.2 Å². The summed E-state index contributed by atoms with van der Waals surface area (Å²) < 4.78 is 0. The quantitative estimate of drug-likeness (QED) is 0.224.